The van der Waals surface area contributed by atoms with E-state index in [2.05, 4.69) is 15.3 Å². The van der Waals surface area contributed by atoms with E-state index in [1.54, 1.807) is 13.1 Å². The van der Waals surface area contributed by atoms with Gasteiger partial charge in [-0.3, -0.25) is 19.9 Å². The second-order valence-corrected chi connectivity index (χ2v) is 2.97. The number of nitro groups is 1. The summed E-state index contributed by atoms with van der Waals surface area (Å²) in [4.78, 5) is 10.1. The first-order valence-electron chi connectivity index (χ1n) is 4.07. The zero-order valence-corrected chi connectivity index (χ0v) is 7.84. The summed E-state index contributed by atoms with van der Waals surface area (Å²) in [5, 5.41) is 20.8. The lowest BCUT2D eigenvalue weighted by atomic mass is 10.3. The zero-order valence-electron chi connectivity index (χ0n) is 7.84. The molecule has 0 bridgehead atoms. The van der Waals surface area contributed by atoms with Crippen LogP contribution in [0.15, 0.2) is 12.3 Å². The van der Waals surface area contributed by atoms with Crippen molar-refractivity contribution in [3.8, 4) is 11.4 Å². The second kappa shape index (κ2) is 3.08. The van der Waals surface area contributed by atoms with Crippen LogP contribution in [0.4, 0.5) is 11.5 Å². The number of nitrogens with one attached hydrogen (secondary N) is 1. The molecule has 0 aromatic carbocycles. The van der Waals surface area contributed by atoms with Gasteiger partial charge in [0.2, 0.25) is 0 Å². The highest BCUT2D eigenvalue weighted by Gasteiger charge is 2.20. The standard InChI is InChI=1S/C7H8N6O2/c1-12-6(8)2-4(11-12)7-5(13(14)15)3-9-10-7/h2-3H,8H2,1H3,(H,9,10). The molecule has 0 atom stereocenters. The van der Waals surface area contributed by atoms with E-state index in [4.69, 9.17) is 5.73 Å². The highest BCUT2D eigenvalue weighted by Crippen LogP contribution is 2.26. The molecule has 0 spiro atoms. The van der Waals surface area contributed by atoms with Gasteiger partial charge in [0.15, 0.2) is 5.69 Å². The summed E-state index contributed by atoms with van der Waals surface area (Å²) in [6.45, 7) is 0. The molecule has 78 valence electrons. The number of H-pyrrole nitrogens is 1. The smallest absolute Gasteiger partial charge is 0.316 e. The maximum absolute atomic E-state index is 10.6. The molecule has 0 radical (unpaired) electrons. The maximum atomic E-state index is 10.6. The number of nitrogens with zero attached hydrogens (tertiary/aromatic N) is 4. The van der Waals surface area contributed by atoms with Gasteiger partial charge < -0.3 is 5.73 Å². The molecule has 8 heteroatoms. The molecular weight excluding hydrogens is 200 g/mol. The second-order valence-electron chi connectivity index (χ2n) is 2.97. The summed E-state index contributed by atoms with van der Waals surface area (Å²) in [5.41, 5.74) is 6.11. The maximum Gasteiger partial charge on any atom is 0.316 e. The Hall–Kier alpha value is -2.38. The van der Waals surface area contributed by atoms with Crippen LogP contribution in [0, 0.1) is 10.1 Å². The molecule has 8 nitrogen and oxygen atoms in total. The number of aromatic amines is 1. The predicted molar refractivity (Wildman–Crippen MR) is 51.9 cm³/mol. The van der Waals surface area contributed by atoms with Crippen molar-refractivity contribution in [3.05, 3.63) is 22.4 Å². The van der Waals surface area contributed by atoms with Gasteiger partial charge in [0.05, 0.1) is 4.92 Å². The number of aromatic nitrogens is 4. The van der Waals surface area contributed by atoms with Crippen LogP contribution in [0.2, 0.25) is 0 Å². The fourth-order valence-corrected chi connectivity index (χ4v) is 1.21. The van der Waals surface area contributed by atoms with E-state index >= 15 is 0 Å². The summed E-state index contributed by atoms with van der Waals surface area (Å²) in [6, 6.07) is 1.54. The van der Waals surface area contributed by atoms with Crippen molar-refractivity contribution in [2.24, 2.45) is 7.05 Å². The highest BCUT2D eigenvalue weighted by molar-refractivity contribution is 5.67. The molecular formula is C7H8N6O2. The summed E-state index contributed by atoms with van der Waals surface area (Å²) in [6.07, 6.45) is 1.14. The highest BCUT2D eigenvalue weighted by atomic mass is 16.6. The Morgan fingerprint density at radius 1 is 1.67 bits per heavy atom. The van der Waals surface area contributed by atoms with E-state index in [0.717, 1.165) is 6.20 Å². The third kappa shape index (κ3) is 1.41. The van der Waals surface area contributed by atoms with Gasteiger partial charge in [-0.05, 0) is 0 Å². The van der Waals surface area contributed by atoms with Gasteiger partial charge >= 0.3 is 5.69 Å². The van der Waals surface area contributed by atoms with Crippen molar-refractivity contribution in [1.29, 1.82) is 0 Å². The molecule has 0 fully saturated rings. The number of aryl methyl sites for hydroxylation is 1. The average molecular weight is 208 g/mol. The van der Waals surface area contributed by atoms with Gasteiger partial charge in [-0.15, -0.1) is 0 Å². The fraction of sp³-hybridized carbons (Fsp3) is 0.143. The van der Waals surface area contributed by atoms with Crippen molar-refractivity contribution in [1.82, 2.24) is 20.0 Å². The van der Waals surface area contributed by atoms with Crippen LogP contribution in [0.1, 0.15) is 0 Å². The first-order valence-corrected chi connectivity index (χ1v) is 4.07. The Kier molecular flexibility index (Phi) is 1.89. The molecule has 2 aromatic heterocycles. The van der Waals surface area contributed by atoms with Crippen molar-refractivity contribution < 1.29 is 4.92 Å². The Labute approximate surface area is 83.9 Å². The van der Waals surface area contributed by atoms with Crippen LogP contribution in [0.5, 0.6) is 0 Å². The molecule has 2 rings (SSSR count). The van der Waals surface area contributed by atoms with Gasteiger partial charge in [-0.25, -0.2) is 0 Å². The lowest BCUT2D eigenvalue weighted by Crippen LogP contribution is -1.96. The number of nitrogens with two attached hydrogens (primary N) is 1. The van der Waals surface area contributed by atoms with Crippen molar-refractivity contribution in [3.63, 3.8) is 0 Å². The average Bonchev–Trinajstić information content (AvgIpc) is 2.73. The number of anilines is 1. The lowest BCUT2D eigenvalue weighted by Gasteiger charge is -1.90. The lowest BCUT2D eigenvalue weighted by molar-refractivity contribution is -0.384. The normalized spacial score (nSPS) is 10.5. The van der Waals surface area contributed by atoms with Gasteiger partial charge in [0.1, 0.15) is 17.7 Å². The molecule has 0 saturated heterocycles. The summed E-state index contributed by atoms with van der Waals surface area (Å²) in [7, 11) is 1.65. The summed E-state index contributed by atoms with van der Waals surface area (Å²) < 4.78 is 1.43. The van der Waals surface area contributed by atoms with E-state index in [1.165, 1.54) is 4.68 Å². The largest absolute Gasteiger partial charge is 0.384 e. The first-order chi connectivity index (χ1) is 7.09. The van der Waals surface area contributed by atoms with Crippen LogP contribution in [-0.2, 0) is 7.05 Å². The number of hydrogen-bond acceptors (Lipinski definition) is 5. The molecule has 0 amide bonds. The number of nitrogen functional groups attached to an aromatic ring is 1. The number of rotatable bonds is 2. The van der Waals surface area contributed by atoms with Crippen LogP contribution in [-0.4, -0.2) is 24.9 Å². The molecule has 0 aliphatic heterocycles. The van der Waals surface area contributed by atoms with Gasteiger partial charge in [-0.2, -0.15) is 10.2 Å². The Balaban J connectivity index is 2.54. The minimum Gasteiger partial charge on any atom is -0.384 e. The molecule has 15 heavy (non-hydrogen) atoms. The van der Waals surface area contributed by atoms with Crippen molar-refractivity contribution >= 4 is 11.5 Å². The van der Waals surface area contributed by atoms with Crippen LogP contribution in [0.3, 0.4) is 0 Å². The minimum absolute atomic E-state index is 0.117. The van der Waals surface area contributed by atoms with E-state index < -0.39 is 4.92 Å². The van der Waals surface area contributed by atoms with Gasteiger partial charge in [-0.1, -0.05) is 0 Å². The van der Waals surface area contributed by atoms with Crippen LogP contribution >= 0.6 is 0 Å². The van der Waals surface area contributed by atoms with Gasteiger partial charge in [0.25, 0.3) is 0 Å². The van der Waals surface area contributed by atoms with Crippen LogP contribution < -0.4 is 5.73 Å². The monoisotopic (exact) mass is 208 g/mol. The van der Waals surface area contributed by atoms with Gasteiger partial charge in [0, 0.05) is 13.1 Å². The molecule has 3 N–H and O–H groups in total. The van der Waals surface area contributed by atoms with E-state index in [9.17, 15) is 10.1 Å². The van der Waals surface area contributed by atoms with Crippen LogP contribution in [0.25, 0.3) is 11.4 Å². The summed E-state index contributed by atoms with van der Waals surface area (Å²) >= 11 is 0. The van der Waals surface area contributed by atoms with Crippen molar-refractivity contribution in [2.45, 2.75) is 0 Å². The zero-order chi connectivity index (χ0) is 11.0. The topological polar surface area (TPSA) is 116 Å². The SMILES string of the molecule is Cn1nc(-c2[nH]ncc2[N+](=O)[O-])cc1N. The molecule has 2 heterocycles. The minimum atomic E-state index is -0.524. The molecule has 0 saturated carbocycles. The third-order valence-electron chi connectivity index (χ3n) is 1.99. The first kappa shape index (κ1) is 9.19. The molecule has 2 aromatic rings. The quantitative estimate of drug-likeness (QED) is 0.543. The molecule has 0 aliphatic carbocycles. The third-order valence-corrected chi connectivity index (χ3v) is 1.99. The Morgan fingerprint density at radius 3 is 2.93 bits per heavy atom. The van der Waals surface area contributed by atoms with E-state index in [-0.39, 0.29) is 11.4 Å². The molecule has 0 unspecified atom stereocenters. The van der Waals surface area contributed by atoms with E-state index in [0.29, 0.717) is 11.5 Å². The molecule has 0 aliphatic rings. The number of hydrogen-bond donors (Lipinski definition) is 2. The van der Waals surface area contributed by atoms with E-state index in [1.807, 2.05) is 0 Å². The van der Waals surface area contributed by atoms with Crippen molar-refractivity contribution in [2.75, 3.05) is 5.73 Å². The fourth-order valence-electron chi connectivity index (χ4n) is 1.21. The Bertz CT molecular complexity index is 494. The Morgan fingerprint density at radius 2 is 2.40 bits per heavy atom. The summed E-state index contributed by atoms with van der Waals surface area (Å²) in [5.74, 6) is 0.425. The predicted octanol–water partition coefficient (Wildman–Crippen LogP) is 0.301.